The van der Waals surface area contributed by atoms with Crippen molar-refractivity contribution in [2.75, 3.05) is 6.54 Å². The van der Waals surface area contributed by atoms with Gasteiger partial charge in [0.1, 0.15) is 0 Å². The van der Waals surface area contributed by atoms with Gasteiger partial charge in [-0.3, -0.25) is 4.79 Å². The first-order valence-corrected chi connectivity index (χ1v) is 4.08. The van der Waals surface area contributed by atoms with Crippen LogP contribution in [0.5, 0.6) is 0 Å². The number of aliphatic carboxylic acids is 1. The fourth-order valence-corrected chi connectivity index (χ4v) is 1.83. The number of carbonyl (C=O) groups is 1. The van der Waals surface area contributed by atoms with Gasteiger partial charge in [-0.15, -0.1) is 0 Å². The van der Waals surface area contributed by atoms with Crippen molar-refractivity contribution in [3.8, 4) is 0 Å². The molecular weight excluding hydrogens is 142 g/mol. The van der Waals surface area contributed by atoms with Crippen LogP contribution in [0.25, 0.3) is 0 Å². The molecule has 0 bridgehead atoms. The Kier molecular flexibility index (Phi) is 2.18. The van der Waals surface area contributed by atoms with E-state index >= 15 is 0 Å². The SMILES string of the molecule is CCC1(C(=O)O)CC(CN)C1. The van der Waals surface area contributed by atoms with Crippen LogP contribution in [-0.2, 0) is 4.79 Å². The Balaban J connectivity index is 2.50. The quantitative estimate of drug-likeness (QED) is 0.638. The van der Waals surface area contributed by atoms with Crippen LogP contribution in [0.2, 0.25) is 0 Å². The summed E-state index contributed by atoms with van der Waals surface area (Å²) in [6.45, 7) is 2.57. The lowest BCUT2D eigenvalue weighted by molar-refractivity contribution is -0.158. The van der Waals surface area contributed by atoms with Gasteiger partial charge in [0.15, 0.2) is 0 Å². The molecule has 3 nitrogen and oxygen atoms in total. The number of hydrogen-bond acceptors (Lipinski definition) is 2. The average Bonchev–Trinajstić information content (AvgIpc) is 1.86. The molecule has 11 heavy (non-hydrogen) atoms. The molecule has 0 radical (unpaired) electrons. The summed E-state index contributed by atoms with van der Waals surface area (Å²) >= 11 is 0. The van der Waals surface area contributed by atoms with E-state index in [-0.39, 0.29) is 0 Å². The zero-order chi connectivity index (χ0) is 8.48. The molecule has 64 valence electrons. The lowest BCUT2D eigenvalue weighted by Crippen LogP contribution is -2.45. The van der Waals surface area contributed by atoms with E-state index in [1.165, 1.54) is 0 Å². The summed E-state index contributed by atoms with van der Waals surface area (Å²) in [5.41, 5.74) is 4.99. The first-order chi connectivity index (χ1) is 5.14. The second kappa shape index (κ2) is 2.81. The molecule has 0 aromatic rings. The van der Waals surface area contributed by atoms with Gasteiger partial charge in [0.05, 0.1) is 5.41 Å². The second-order valence-corrected chi connectivity index (χ2v) is 3.45. The van der Waals surface area contributed by atoms with Gasteiger partial charge in [-0.2, -0.15) is 0 Å². The predicted molar refractivity (Wildman–Crippen MR) is 42.1 cm³/mol. The fraction of sp³-hybridized carbons (Fsp3) is 0.875. The Morgan fingerprint density at radius 1 is 1.73 bits per heavy atom. The van der Waals surface area contributed by atoms with Crippen molar-refractivity contribution in [2.45, 2.75) is 26.2 Å². The topological polar surface area (TPSA) is 63.3 Å². The fourth-order valence-electron chi connectivity index (χ4n) is 1.83. The third kappa shape index (κ3) is 1.25. The van der Waals surface area contributed by atoms with E-state index in [1.54, 1.807) is 0 Å². The van der Waals surface area contributed by atoms with E-state index in [1.807, 2.05) is 6.92 Å². The van der Waals surface area contributed by atoms with Crippen molar-refractivity contribution < 1.29 is 9.90 Å². The second-order valence-electron chi connectivity index (χ2n) is 3.45. The molecule has 0 spiro atoms. The molecule has 1 rings (SSSR count). The van der Waals surface area contributed by atoms with Crippen LogP contribution in [0.4, 0.5) is 0 Å². The summed E-state index contributed by atoms with van der Waals surface area (Å²) in [7, 11) is 0. The summed E-state index contributed by atoms with van der Waals surface area (Å²) in [5, 5.41) is 8.86. The summed E-state index contributed by atoms with van der Waals surface area (Å²) < 4.78 is 0. The van der Waals surface area contributed by atoms with Gasteiger partial charge in [-0.25, -0.2) is 0 Å². The third-order valence-electron chi connectivity index (χ3n) is 2.82. The first-order valence-electron chi connectivity index (χ1n) is 4.08. The van der Waals surface area contributed by atoms with Gasteiger partial charge in [0.2, 0.25) is 0 Å². The monoisotopic (exact) mass is 157 g/mol. The van der Waals surface area contributed by atoms with E-state index < -0.39 is 11.4 Å². The van der Waals surface area contributed by atoms with Crippen molar-refractivity contribution in [2.24, 2.45) is 17.1 Å². The number of nitrogens with two attached hydrogens (primary N) is 1. The molecule has 3 heteroatoms. The highest BCUT2D eigenvalue weighted by Gasteiger charge is 2.48. The molecule has 3 N–H and O–H groups in total. The van der Waals surface area contributed by atoms with Gasteiger partial charge in [0.25, 0.3) is 0 Å². The minimum absolute atomic E-state index is 0.427. The largest absolute Gasteiger partial charge is 0.481 e. The van der Waals surface area contributed by atoms with E-state index in [4.69, 9.17) is 10.8 Å². The van der Waals surface area contributed by atoms with Gasteiger partial charge >= 0.3 is 5.97 Å². The minimum Gasteiger partial charge on any atom is -0.481 e. The molecule has 0 aromatic carbocycles. The number of rotatable bonds is 3. The molecular formula is C8H15NO2. The van der Waals surface area contributed by atoms with Crippen molar-refractivity contribution >= 4 is 5.97 Å². The maximum atomic E-state index is 10.8. The maximum absolute atomic E-state index is 10.8. The number of hydrogen-bond donors (Lipinski definition) is 2. The van der Waals surface area contributed by atoms with E-state index in [9.17, 15) is 4.79 Å². The molecule has 0 aromatic heterocycles. The predicted octanol–water partition coefficient (Wildman–Crippen LogP) is 0.836. The van der Waals surface area contributed by atoms with Crippen LogP contribution >= 0.6 is 0 Å². The van der Waals surface area contributed by atoms with Crippen LogP contribution < -0.4 is 5.73 Å². The Hall–Kier alpha value is -0.570. The summed E-state index contributed by atoms with van der Waals surface area (Å²) in [6, 6.07) is 0. The minimum atomic E-state index is -0.648. The lowest BCUT2D eigenvalue weighted by atomic mass is 9.60. The molecule has 0 amide bonds. The van der Waals surface area contributed by atoms with E-state index in [0.717, 1.165) is 19.3 Å². The molecule has 1 aliphatic carbocycles. The zero-order valence-corrected chi connectivity index (χ0v) is 6.84. The molecule has 0 unspecified atom stereocenters. The van der Waals surface area contributed by atoms with Gasteiger partial charge in [-0.05, 0) is 31.7 Å². The van der Waals surface area contributed by atoms with Crippen LogP contribution in [0, 0.1) is 11.3 Å². The Labute approximate surface area is 66.6 Å². The summed E-state index contributed by atoms with van der Waals surface area (Å²) in [5.74, 6) is -0.198. The molecule has 0 atom stereocenters. The Morgan fingerprint density at radius 3 is 2.55 bits per heavy atom. The van der Waals surface area contributed by atoms with Crippen molar-refractivity contribution in [1.29, 1.82) is 0 Å². The molecule has 1 aliphatic rings. The number of carboxylic acid groups (broad SMARTS) is 1. The van der Waals surface area contributed by atoms with Crippen LogP contribution in [-0.4, -0.2) is 17.6 Å². The van der Waals surface area contributed by atoms with Crippen molar-refractivity contribution in [3.05, 3.63) is 0 Å². The Morgan fingerprint density at radius 2 is 2.27 bits per heavy atom. The van der Waals surface area contributed by atoms with Gasteiger partial charge in [0, 0.05) is 0 Å². The van der Waals surface area contributed by atoms with Crippen molar-refractivity contribution in [1.82, 2.24) is 0 Å². The van der Waals surface area contributed by atoms with Crippen LogP contribution in [0.1, 0.15) is 26.2 Å². The smallest absolute Gasteiger partial charge is 0.309 e. The first kappa shape index (κ1) is 8.53. The van der Waals surface area contributed by atoms with E-state index in [2.05, 4.69) is 0 Å². The molecule has 0 aliphatic heterocycles. The van der Waals surface area contributed by atoms with E-state index in [0.29, 0.717) is 12.5 Å². The zero-order valence-electron chi connectivity index (χ0n) is 6.84. The highest BCUT2D eigenvalue weighted by molar-refractivity contribution is 5.75. The average molecular weight is 157 g/mol. The third-order valence-corrected chi connectivity index (χ3v) is 2.82. The van der Waals surface area contributed by atoms with Crippen molar-refractivity contribution in [3.63, 3.8) is 0 Å². The lowest BCUT2D eigenvalue weighted by Gasteiger charge is -2.43. The summed E-state index contributed by atoms with van der Waals surface area (Å²) in [4.78, 5) is 10.8. The number of carboxylic acids is 1. The van der Waals surface area contributed by atoms with Crippen LogP contribution in [0.15, 0.2) is 0 Å². The standard InChI is InChI=1S/C8H15NO2/c1-2-8(7(10)11)3-6(4-8)5-9/h6H,2-5,9H2,1H3,(H,10,11). The molecule has 1 saturated carbocycles. The highest BCUT2D eigenvalue weighted by atomic mass is 16.4. The molecule has 1 fully saturated rings. The molecule has 0 heterocycles. The maximum Gasteiger partial charge on any atom is 0.309 e. The normalized spacial score (nSPS) is 36.4. The van der Waals surface area contributed by atoms with Gasteiger partial charge in [-0.1, -0.05) is 6.92 Å². The molecule has 0 saturated heterocycles. The van der Waals surface area contributed by atoms with Gasteiger partial charge < -0.3 is 10.8 Å². The highest BCUT2D eigenvalue weighted by Crippen LogP contribution is 2.47. The van der Waals surface area contributed by atoms with Crippen LogP contribution in [0.3, 0.4) is 0 Å². The Bertz CT molecular complexity index is 161. The summed E-state index contributed by atoms with van der Waals surface area (Å²) in [6.07, 6.45) is 2.28.